The molecular weight excluding hydrogens is 314 g/mol. The van der Waals surface area contributed by atoms with E-state index in [2.05, 4.69) is 0 Å². The first-order valence-corrected chi connectivity index (χ1v) is 8.24. The molecule has 3 nitrogen and oxygen atoms in total. The summed E-state index contributed by atoms with van der Waals surface area (Å²) in [5.74, 6) is -0.0265. The summed E-state index contributed by atoms with van der Waals surface area (Å²) in [5, 5.41) is 12.1. The summed E-state index contributed by atoms with van der Waals surface area (Å²) in [6.07, 6.45) is 0.308. The molecule has 0 aliphatic carbocycles. The molecule has 1 fully saturated rings. The Hall–Kier alpha value is -1.98. The minimum Gasteiger partial charge on any atom is -0.512 e. The van der Waals surface area contributed by atoms with Crippen molar-refractivity contribution in [2.75, 3.05) is 4.90 Å². The number of thiophene rings is 1. The number of allylic oxidation sites excluding steroid dienone is 1. The van der Waals surface area contributed by atoms with Gasteiger partial charge >= 0.3 is 0 Å². The molecular formula is C17H15NO2S2. The Bertz CT molecular complexity index is 731. The van der Waals surface area contributed by atoms with E-state index in [0.717, 1.165) is 10.6 Å². The van der Waals surface area contributed by atoms with Crippen LogP contribution in [0.2, 0.25) is 0 Å². The normalized spacial score (nSPS) is 21.1. The number of rotatable bonds is 2. The highest BCUT2D eigenvalue weighted by Gasteiger charge is 2.37. The second kappa shape index (κ2) is 6.02. The lowest BCUT2D eigenvalue weighted by Crippen LogP contribution is -2.43. The van der Waals surface area contributed by atoms with Crippen LogP contribution in [0.3, 0.4) is 0 Å². The zero-order chi connectivity index (χ0) is 15.7. The number of amides is 1. The Morgan fingerprint density at radius 2 is 2.00 bits per heavy atom. The van der Waals surface area contributed by atoms with Gasteiger partial charge in [-0.15, -0.1) is 11.3 Å². The van der Waals surface area contributed by atoms with E-state index in [9.17, 15) is 9.90 Å². The maximum atomic E-state index is 12.6. The molecule has 1 unspecified atom stereocenters. The van der Waals surface area contributed by atoms with Crippen LogP contribution in [0.1, 0.15) is 24.1 Å². The molecule has 1 atom stereocenters. The van der Waals surface area contributed by atoms with Crippen molar-refractivity contribution >= 4 is 40.1 Å². The number of hydrogen-bond donors (Lipinski definition) is 1. The number of aliphatic hydroxyl groups excluding tert-OH is 1. The largest absolute Gasteiger partial charge is 0.512 e. The van der Waals surface area contributed by atoms with E-state index >= 15 is 0 Å². The lowest BCUT2D eigenvalue weighted by molar-refractivity contribution is -0.118. The lowest BCUT2D eigenvalue weighted by atomic mass is 9.88. The Labute approximate surface area is 138 Å². The number of carbonyl (C=O) groups is 1. The van der Waals surface area contributed by atoms with E-state index in [0.29, 0.717) is 17.0 Å². The van der Waals surface area contributed by atoms with Crippen LogP contribution in [0.5, 0.6) is 0 Å². The second-order valence-electron chi connectivity index (χ2n) is 5.14. The zero-order valence-corrected chi connectivity index (χ0v) is 13.7. The highest BCUT2D eigenvalue weighted by Crippen LogP contribution is 2.39. The Morgan fingerprint density at radius 3 is 2.59 bits per heavy atom. The monoisotopic (exact) mass is 329 g/mol. The van der Waals surface area contributed by atoms with Gasteiger partial charge in [-0.3, -0.25) is 9.69 Å². The topological polar surface area (TPSA) is 40.5 Å². The van der Waals surface area contributed by atoms with Crippen molar-refractivity contribution in [2.45, 2.75) is 19.3 Å². The quantitative estimate of drug-likeness (QED) is 0.503. The molecule has 1 N–H and O–H groups in total. The maximum Gasteiger partial charge on any atom is 0.233 e. The molecule has 1 saturated heterocycles. The third kappa shape index (κ3) is 2.58. The van der Waals surface area contributed by atoms with Crippen LogP contribution in [-0.4, -0.2) is 16.0 Å². The van der Waals surface area contributed by atoms with Crippen LogP contribution < -0.4 is 4.90 Å². The van der Waals surface area contributed by atoms with Gasteiger partial charge < -0.3 is 5.11 Å². The molecule has 3 rings (SSSR count). The maximum absolute atomic E-state index is 12.6. The first kappa shape index (κ1) is 14.9. The summed E-state index contributed by atoms with van der Waals surface area (Å²) in [4.78, 5) is 15.6. The van der Waals surface area contributed by atoms with Crippen molar-refractivity contribution in [2.24, 2.45) is 0 Å². The summed E-state index contributed by atoms with van der Waals surface area (Å²) in [5.41, 5.74) is 1.40. The van der Waals surface area contributed by atoms with Crippen molar-refractivity contribution in [1.29, 1.82) is 0 Å². The predicted octanol–water partition coefficient (Wildman–Crippen LogP) is 4.43. The van der Waals surface area contributed by atoms with Crippen LogP contribution in [0.15, 0.2) is 59.2 Å². The summed E-state index contributed by atoms with van der Waals surface area (Å²) in [6, 6.07) is 13.2. The Kier molecular flexibility index (Phi) is 4.09. The molecule has 1 aliphatic rings. The molecule has 5 heteroatoms. The van der Waals surface area contributed by atoms with Crippen molar-refractivity contribution in [3.8, 4) is 0 Å². The van der Waals surface area contributed by atoms with E-state index in [1.54, 1.807) is 18.3 Å². The molecule has 1 aromatic carbocycles. The average molecular weight is 329 g/mol. The summed E-state index contributed by atoms with van der Waals surface area (Å²) in [6.45, 7) is 1.63. The van der Waals surface area contributed by atoms with E-state index in [-0.39, 0.29) is 17.6 Å². The fourth-order valence-corrected chi connectivity index (χ4v) is 4.06. The van der Waals surface area contributed by atoms with Crippen molar-refractivity contribution in [3.05, 3.63) is 64.1 Å². The molecule has 0 saturated carbocycles. The molecule has 2 aromatic rings. The molecule has 0 spiro atoms. The Balaban J connectivity index is 2.05. The molecule has 1 amide bonds. The van der Waals surface area contributed by atoms with Gasteiger partial charge in [0.2, 0.25) is 5.91 Å². The predicted molar refractivity (Wildman–Crippen MR) is 93.5 cm³/mol. The van der Waals surface area contributed by atoms with Gasteiger partial charge in [0, 0.05) is 28.5 Å². The summed E-state index contributed by atoms with van der Waals surface area (Å²) < 4.78 is 0. The number of benzene rings is 1. The minimum absolute atomic E-state index is 0.0420. The molecule has 112 valence electrons. The second-order valence-corrected chi connectivity index (χ2v) is 6.51. The van der Waals surface area contributed by atoms with Crippen LogP contribution >= 0.6 is 23.6 Å². The third-order valence-electron chi connectivity index (χ3n) is 3.70. The number of para-hydroxylation sites is 1. The van der Waals surface area contributed by atoms with E-state index in [1.807, 2.05) is 47.8 Å². The smallest absolute Gasteiger partial charge is 0.233 e. The Morgan fingerprint density at radius 1 is 1.27 bits per heavy atom. The zero-order valence-electron chi connectivity index (χ0n) is 12.0. The van der Waals surface area contributed by atoms with Gasteiger partial charge in [0.05, 0.1) is 5.76 Å². The molecule has 1 aromatic heterocycles. The first-order chi connectivity index (χ1) is 10.6. The van der Waals surface area contributed by atoms with Crippen LogP contribution in [0, 0.1) is 0 Å². The summed E-state index contributed by atoms with van der Waals surface area (Å²) >= 11 is 7.10. The van der Waals surface area contributed by atoms with Crippen LogP contribution in [0.25, 0.3) is 0 Å². The fourth-order valence-electron chi connectivity index (χ4n) is 2.73. The molecule has 1 aliphatic heterocycles. The van der Waals surface area contributed by atoms with Gasteiger partial charge in [0.25, 0.3) is 0 Å². The molecule has 2 heterocycles. The first-order valence-electron chi connectivity index (χ1n) is 6.95. The van der Waals surface area contributed by atoms with Gasteiger partial charge in [-0.25, -0.2) is 0 Å². The van der Waals surface area contributed by atoms with Crippen LogP contribution in [0.4, 0.5) is 5.69 Å². The van der Waals surface area contributed by atoms with Crippen molar-refractivity contribution < 1.29 is 9.90 Å². The van der Waals surface area contributed by atoms with E-state index in [4.69, 9.17) is 12.2 Å². The minimum atomic E-state index is -0.162. The standard InChI is InChI=1S/C17H15NO2S2/c1-11(19)16-13(14-8-5-9-22-14)10-15(20)18(17(16)21)12-6-3-2-4-7-12/h2-9,13,19H,10H2,1H3/b16-11-. The SMILES string of the molecule is C/C(O)=C1/C(=S)N(c2ccccc2)C(=O)CC1c1cccs1. The highest BCUT2D eigenvalue weighted by atomic mass is 32.1. The molecule has 0 radical (unpaired) electrons. The number of thiocarbonyl (C=S) groups is 1. The van der Waals surface area contributed by atoms with Crippen LogP contribution in [-0.2, 0) is 4.79 Å². The average Bonchev–Trinajstić information content (AvgIpc) is 3.01. The number of nitrogens with zero attached hydrogens (tertiary/aromatic N) is 1. The van der Waals surface area contributed by atoms with Gasteiger partial charge in [0.1, 0.15) is 4.99 Å². The van der Waals surface area contributed by atoms with Gasteiger partial charge in [-0.1, -0.05) is 36.5 Å². The third-order valence-corrected chi connectivity index (χ3v) is 5.09. The lowest BCUT2D eigenvalue weighted by Gasteiger charge is -2.34. The highest BCUT2D eigenvalue weighted by molar-refractivity contribution is 7.81. The molecule has 0 bridgehead atoms. The molecule has 22 heavy (non-hydrogen) atoms. The summed E-state index contributed by atoms with van der Waals surface area (Å²) in [7, 11) is 0. The number of anilines is 1. The van der Waals surface area contributed by atoms with Gasteiger partial charge in [-0.2, -0.15) is 0 Å². The number of aliphatic hydroxyl groups is 1. The van der Waals surface area contributed by atoms with E-state index in [1.165, 1.54) is 4.90 Å². The number of piperidine rings is 1. The fraction of sp³-hybridized carbons (Fsp3) is 0.176. The van der Waals surface area contributed by atoms with Crippen molar-refractivity contribution in [1.82, 2.24) is 0 Å². The number of carbonyl (C=O) groups excluding carboxylic acids is 1. The van der Waals surface area contributed by atoms with E-state index < -0.39 is 0 Å². The van der Waals surface area contributed by atoms with Crippen molar-refractivity contribution in [3.63, 3.8) is 0 Å². The van der Waals surface area contributed by atoms with Gasteiger partial charge in [0.15, 0.2) is 0 Å². The number of hydrogen-bond acceptors (Lipinski definition) is 4. The van der Waals surface area contributed by atoms with Gasteiger partial charge in [-0.05, 0) is 30.5 Å².